The van der Waals surface area contributed by atoms with Gasteiger partial charge in [0.1, 0.15) is 0 Å². The Morgan fingerprint density at radius 1 is 1.29 bits per heavy atom. The molecule has 8 heteroatoms. The molecule has 1 aliphatic heterocycles. The number of anilines is 2. The first-order chi connectivity index (χ1) is 8.10. The number of piperazine rings is 1. The van der Waals surface area contributed by atoms with Crippen LogP contribution in [0, 0.1) is 0 Å². The molecule has 1 N–H and O–H groups in total. The molecule has 1 fully saturated rings. The molecule has 0 aromatic carbocycles. The average molecular weight is 257 g/mol. The zero-order chi connectivity index (χ0) is 12.4. The topological polar surface area (TPSA) is 74.2 Å². The summed E-state index contributed by atoms with van der Waals surface area (Å²) in [6.45, 7) is 1.60. The van der Waals surface area contributed by atoms with Crippen molar-refractivity contribution in [3.05, 3.63) is 5.28 Å². The lowest BCUT2D eigenvalue weighted by atomic mass is 10.3. The maximum Gasteiger partial charge on any atom is 0.242 e. The number of hydrogen-bond donors (Lipinski definition) is 1. The number of rotatable bonds is 2. The summed E-state index contributed by atoms with van der Waals surface area (Å²) in [5.74, 6) is 0.862. The van der Waals surface area contributed by atoms with E-state index in [-0.39, 0.29) is 17.7 Å². The van der Waals surface area contributed by atoms with Gasteiger partial charge < -0.3 is 15.1 Å². The van der Waals surface area contributed by atoms with Gasteiger partial charge in [0.15, 0.2) is 0 Å². The first-order valence-corrected chi connectivity index (χ1v) is 5.56. The molecule has 0 unspecified atom stereocenters. The molecule has 17 heavy (non-hydrogen) atoms. The van der Waals surface area contributed by atoms with Crippen molar-refractivity contribution in [1.29, 1.82) is 0 Å². The van der Waals surface area contributed by atoms with Crippen molar-refractivity contribution in [3.8, 4) is 0 Å². The molecule has 0 radical (unpaired) electrons. The van der Waals surface area contributed by atoms with Crippen LogP contribution in [-0.2, 0) is 4.79 Å². The molecule has 1 aromatic heterocycles. The van der Waals surface area contributed by atoms with Crippen LogP contribution in [0.4, 0.5) is 11.9 Å². The monoisotopic (exact) mass is 256 g/mol. The fourth-order valence-electron chi connectivity index (χ4n) is 1.52. The third kappa shape index (κ3) is 2.55. The van der Waals surface area contributed by atoms with E-state index >= 15 is 0 Å². The second-order valence-corrected chi connectivity index (χ2v) is 4.05. The van der Waals surface area contributed by atoms with Crippen LogP contribution in [0.15, 0.2) is 0 Å². The molecule has 1 saturated heterocycles. The minimum atomic E-state index is 0.0405. The third-order valence-corrected chi connectivity index (χ3v) is 2.73. The number of amides is 1. The number of nitrogens with one attached hydrogen (secondary N) is 1. The van der Waals surface area contributed by atoms with Gasteiger partial charge in [-0.2, -0.15) is 15.0 Å². The van der Waals surface area contributed by atoms with Crippen molar-refractivity contribution in [2.45, 2.75) is 0 Å². The van der Waals surface area contributed by atoms with E-state index in [1.54, 1.807) is 23.9 Å². The van der Waals surface area contributed by atoms with Crippen LogP contribution in [0.25, 0.3) is 0 Å². The summed E-state index contributed by atoms with van der Waals surface area (Å²) in [7, 11) is 3.48. The lowest BCUT2D eigenvalue weighted by Gasteiger charge is -2.31. The summed E-state index contributed by atoms with van der Waals surface area (Å²) in [6, 6.07) is 0. The SMILES string of the molecule is CNc1nc(Cl)nc(N2CCN(C)C(=O)C2)n1. The summed E-state index contributed by atoms with van der Waals surface area (Å²) >= 11 is 5.79. The van der Waals surface area contributed by atoms with E-state index in [9.17, 15) is 4.79 Å². The number of halogens is 1. The van der Waals surface area contributed by atoms with Crippen molar-refractivity contribution in [2.24, 2.45) is 0 Å². The molecule has 0 spiro atoms. The van der Waals surface area contributed by atoms with Crippen molar-refractivity contribution in [3.63, 3.8) is 0 Å². The van der Waals surface area contributed by atoms with Gasteiger partial charge in [-0.1, -0.05) is 0 Å². The van der Waals surface area contributed by atoms with Crippen molar-refractivity contribution < 1.29 is 4.79 Å². The van der Waals surface area contributed by atoms with Crippen LogP contribution in [0.1, 0.15) is 0 Å². The molecule has 1 amide bonds. The van der Waals surface area contributed by atoms with Crippen LogP contribution in [0.5, 0.6) is 0 Å². The molecule has 2 heterocycles. The predicted molar refractivity (Wildman–Crippen MR) is 64.2 cm³/mol. The van der Waals surface area contributed by atoms with Crippen molar-refractivity contribution in [1.82, 2.24) is 19.9 Å². The minimum absolute atomic E-state index is 0.0405. The number of likely N-dealkylation sites (N-methyl/N-ethyl adjacent to an activating group) is 1. The average Bonchev–Trinajstić information content (AvgIpc) is 2.32. The van der Waals surface area contributed by atoms with Crippen LogP contribution in [0.2, 0.25) is 5.28 Å². The summed E-state index contributed by atoms with van der Waals surface area (Å²) in [5.41, 5.74) is 0. The fraction of sp³-hybridized carbons (Fsp3) is 0.556. The van der Waals surface area contributed by atoms with Gasteiger partial charge in [0.05, 0.1) is 6.54 Å². The van der Waals surface area contributed by atoms with Gasteiger partial charge in [0.2, 0.25) is 23.1 Å². The zero-order valence-electron chi connectivity index (χ0n) is 9.64. The van der Waals surface area contributed by atoms with E-state index in [1.165, 1.54) is 0 Å². The molecule has 0 bridgehead atoms. The molecular formula is C9H13ClN6O. The zero-order valence-corrected chi connectivity index (χ0v) is 10.4. The van der Waals surface area contributed by atoms with Crippen molar-refractivity contribution >= 4 is 29.4 Å². The molecule has 7 nitrogen and oxygen atoms in total. The Morgan fingerprint density at radius 2 is 2.06 bits per heavy atom. The lowest BCUT2D eigenvalue weighted by Crippen LogP contribution is -2.49. The van der Waals surface area contributed by atoms with Gasteiger partial charge in [0.25, 0.3) is 0 Å². The Morgan fingerprint density at radius 3 is 2.71 bits per heavy atom. The highest BCUT2D eigenvalue weighted by atomic mass is 35.5. The Balaban J connectivity index is 2.22. The van der Waals surface area contributed by atoms with Crippen molar-refractivity contribution in [2.75, 3.05) is 43.9 Å². The van der Waals surface area contributed by atoms with Crippen LogP contribution in [0.3, 0.4) is 0 Å². The first-order valence-electron chi connectivity index (χ1n) is 5.18. The van der Waals surface area contributed by atoms with Gasteiger partial charge in [-0.25, -0.2) is 0 Å². The van der Waals surface area contributed by atoms with E-state index in [0.29, 0.717) is 25.0 Å². The number of aromatic nitrogens is 3. The summed E-state index contributed by atoms with van der Waals surface area (Å²) in [4.78, 5) is 27.1. The molecule has 92 valence electrons. The minimum Gasteiger partial charge on any atom is -0.357 e. The van der Waals surface area contributed by atoms with Crippen LogP contribution < -0.4 is 10.2 Å². The molecule has 1 aliphatic rings. The van der Waals surface area contributed by atoms with Gasteiger partial charge in [-0.3, -0.25) is 4.79 Å². The predicted octanol–water partition coefficient (Wildman–Crippen LogP) is -0.155. The van der Waals surface area contributed by atoms with E-state index < -0.39 is 0 Å². The highest BCUT2D eigenvalue weighted by molar-refractivity contribution is 6.28. The molecular weight excluding hydrogens is 244 g/mol. The maximum absolute atomic E-state index is 11.6. The van der Waals surface area contributed by atoms with Gasteiger partial charge in [-0.15, -0.1) is 0 Å². The van der Waals surface area contributed by atoms with E-state index in [0.717, 1.165) is 0 Å². The Bertz CT molecular complexity index is 439. The Kier molecular flexibility index (Phi) is 3.28. The largest absolute Gasteiger partial charge is 0.357 e. The lowest BCUT2D eigenvalue weighted by molar-refractivity contribution is -0.129. The highest BCUT2D eigenvalue weighted by Gasteiger charge is 2.23. The number of carbonyl (C=O) groups excluding carboxylic acids is 1. The Labute approximate surface area is 104 Å². The Hall–Kier alpha value is -1.63. The molecule has 0 atom stereocenters. The smallest absolute Gasteiger partial charge is 0.242 e. The number of carbonyl (C=O) groups is 1. The highest BCUT2D eigenvalue weighted by Crippen LogP contribution is 2.15. The van der Waals surface area contributed by atoms with E-state index in [4.69, 9.17) is 11.6 Å². The van der Waals surface area contributed by atoms with Gasteiger partial charge >= 0.3 is 0 Å². The summed E-state index contributed by atoms with van der Waals surface area (Å²) < 4.78 is 0. The molecule has 1 aromatic rings. The second-order valence-electron chi connectivity index (χ2n) is 3.71. The first kappa shape index (κ1) is 11.8. The normalized spacial score (nSPS) is 16.3. The summed E-state index contributed by atoms with van der Waals surface area (Å²) in [6.07, 6.45) is 0. The second kappa shape index (κ2) is 4.70. The number of hydrogen-bond acceptors (Lipinski definition) is 6. The maximum atomic E-state index is 11.6. The van der Waals surface area contributed by atoms with E-state index in [2.05, 4.69) is 20.3 Å². The van der Waals surface area contributed by atoms with Gasteiger partial charge in [-0.05, 0) is 11.6 Å². The molecule has 0 aliphatic carbocycles. The molecule has 2 rings (SSSR count). The van der Waals surface area contributed by atoms with E-state index in [1.807, 2.05) is 0 Å². The molecule has 0 saturated carbocycles. The number of nitrogens with zero attached hydrogens (tertiary/aromatic N) is 5. The fourth-order valence-corrected chi connectivity index (χ4v) is 1.68. The standard InChI is InChI=1S/C9H13ClN6O/c1-11-8-12-7(10)13-9(14-8)16-4-3-15(2)6(17)5-16/h3-5H2,1-2H3,(H,11,12,13,14). The quantitative estimate of drug-likeness (QED) is 0.793. The third-order valence-electron chi connectivity index (χ3n) is 2.56. The summed E-state index contributed by atoms with van der Waals surface area (Å²) in [5, 5.41) is 2.92. The van der Waals surface area contributed by atoms with Crippen LogP contribution >= 0.6 is 11.6 Å². The van der Waals surface area contributed by atoms with Crippen LogP contribution in [-0.4, -0.2) is 59.5 Å². The van der Waals surface area contributed by atoms with Gasteiger partial charge in [0, 0.05) is 27.2 Å².